The van der Waals surface area contributed by atoms with Crippen molar-refractivity contribution in [3.8, 4) is 17.6 Å². The summed E-state index contributed by atoms with van der Waals surface area (Å²) in [5.74, 6) is 0.811. The van der Waals surface area contributed by atoms with Crippen molar-refractivity contribution >= 4 is 37.5 Å². The molecular formula is C13H6Br2N2O3. The summed E-state index contributed by atoms with van der Waals surface area (Å²) in [6.07, 6.45) is 0. The first kappa shape index (κ1) is 14.5. The van der Waals surface area contributed by atoms with Gasteiger partial charge < -0.3 is 4.74 Å². The second-order valence-corrected chi connectivity index (χ2v) is 5.49. The van der Waals surface area contributed by atoms with Crippen molar-refractivity contribution in [1.29, 1.82) is 5.26 Å². The second-order valence-electron chi connectivity index (χ2n) is 3.72. The van der Waals surface area contributed by atoms with E-state index in [1.165, 1.54) is 18.2 Å². The highest BCUT2D eigenvalue weighted by molar-refractivity contribution is 9.11. The molecule has 2 aromatic rings. The number of benzene rings is 2. The summed E-state index contributed by atoms with van der Waals surface area (Å²) in [5, 5.41) is 19.7. The number of nitro groups is 1. The monoisotopic (exact) mass is 396 g/mol. The van der Waals surface area contributed by atoms with E-state index in [1.807, 2.05) is 0 Å². The molecule has 0 radical (unpaired) electrons. The van der Waals surface area contributed by atoms with Crippen molar-refractivity contribution in [2.24, 2.45) is 0 Å². The summed E-state index contributed by atoms with van der Waals surface area (Å²) in [5.41, 5.74) is -0.282. The summed E-state index contributed by atoms with van der Waals surface area (Å²) < 4.78 is 7.16. The van der Waals surface area contributed by atoms with Crippen LogP contribution in [-0.4, -0.2) is 4.92 Å². The van der Waals surface area contributed by atoms with Crippen molar-refractivity contribution in [2.75, 3.05) is 0 Å². The van der Waals surface area contributed by atoms with E-state index in [0.717, 1.165) is 4.47 Å². The lowest BCUT2D eigenvalue weighted by Gasteiger charge is -2.08. The molecule has 20 heavy (non-hydrogen) atoms. The molecule has 100 valence electrons. The molecule has 0 spiro atoms. The van der Waals surface area contributed by atoms with Crippen LogP contribution in [0.15, 0.2) is 45.3 Å². The molecule has 0 atom stereocenters. The van der Waals surface area contributed by atoms with Crippen molar-refractivity contribution < 1.29 is 9.66 Å². The fourth-order valence-corrected chi connectivity index (χ4v) is 2.63. The molecule has 0 bridgehead atoms. The van der Waals surface area contributed by atoms with Gasteiger partial charge in [-0.2, -0.15) is 5.26 Å². The van der Waals surface area contributed by atoms with Gasteiger partial charge >= 0.3 is 0 Å². The van der Waals surface area contributed by atoms with Gasteiger partial charge in [-0.05, 0) is 46.3 Å². The largest absolute Gasteiger partial charge is 0.456 e. The first-order valence-electron chi connectivity index (χ1n) is 5.32. The molecule has 0 amide bonds. The van der Waals surface area contributed by atoms with E-state index in [2.05, 4.69) is 31.9 Å². The maximum atomic E-state index is 10.9. The molecule has 2 aromatic carbocycles. The SMILES string of the molecule is N#Cc1ccc(Oc2ccc(Br)cc2Br)cc1[N+](=O)[O-]. The minimum atomic E-state index is -0.609. The van der Waals surface area contributed by atoms with Crippen molar-refractivity contribution in [1.82, 2.24) is 0 Å². The van der Waals surface area contributed by atoms with E-state index in [0.29, 0.717) is 16.0 Å². The number of nitrogens with zero attached hydrogens (tertiary/aromatic N) is 2. The molecule has 5 nitrogen and oxygen atoms in total. The lowest BCUT2D eigenvalue weighted by molar-refractivity contribution is -0.385. The standard InChI is InChI=1S/C13H6Br2N2O3/c14-9-2-4-13(11(15)5-9)20-10-3-1-8(7-16)12(6-10)17(18)19/h1-6H. The molecule has 0 heterocycles. The quantitative estimate of drug-likeness (QED) is 0.551. The Kier molecular flexibility index (Phi) is 4.37. The zero-order chi connectivity index (χ0) is 14.7. The minimum absolute atomic E-state index is 0.00257. The second kappa shape index (κ2) is 6.03. The maximum absolute atomic E-state index is 10.9. The van der Waals surface area contributed by atoms with E-state index >= 15 is 0 Å². The van der Waals surface area contributed by atoms with E-state index < -0.39 is 4.92 Å². The topological polar surface area (TPSA) is 76.2 Å². The fourth-order valence-electron chi connectivity index (χ4n) is 1.51. The number of ether oxygens (including phenoxy) is 1. The van der Waals surface area contributed by atoms with Gasteiger partial charge in [-0.15, -0.1) is 0 Å². The van der Waals surface area contributed by atoms with Crippen molar-refractivity contribution in [2.45, 2.75) is 0 Å². The van der Waals surface area contributed by atoms with E-state index in [1.54, 1.807) is 24.3 Å². The number of nitro benzene ring substituents is 1. The highest BCUT2D eigenvalue weighted by Crippen LogP contribution is 2.33. The summed E-state index contributed by atoms with van der Waals surface area (Å²) in [6, 6.07) is 11.2. The van der Waals surface area contributed by atoms with E-state index in [9.17, 15) is 10.1 Å². The van der Waals surface area contributed by atoms with Gasteiger partial charge in [-0.1, -0.05) is 15.9 Å². The number of hydrogen-bond acceptors (Lipinski definition) is 4. The smallest absolute Gasteiger partial charge is 0.290 e. The first-order chi connectivity index (χ1) is 9.51. The Morgan fingerprint density at radius 2 is 1.95 bits per heavy atom. The van der Waals surface area contributed by atoms with Crippen LogP contribution in [0.2, 0.25) is 0 Å². The number of rotatable bonds is 3. The Bertz CT molecular complexity index is 726. The van der Waals surface area contributed by atoms with Crippen LogP contribution in [0, 0.1) is 21.4 Å². The molecule has 0 saturated carbocycles. The first-order valence-corrected chi connectivity index (χ1v) is 6.91. The molecule has 0 aliphatic rings. The Labute approximate surface area is 131 Å². The minimum Gasteiger partial charge on any atom is -0.456 e. The van der Waals surface area contributed by atoms with Crippen LogP contribution in [0.1, 0.15) is 5.56 Å². The zero-order valence-corrected chi connectivity index (χ0v) is 13.0. The lowest BCUT2D eigenvalue weighted by atomic mass is 10.2. The van der Waals surface area contributed by atoms with Crippen LogP contribution in [0.25, 0.3) is 0 Å². The van der Waals surface area contributed by atoms with Gasteiger partial charge in [0.1, 0.15) is 23.1 Å². The van der Waals surface area contributed by atoms with Gasteiger partial charge in [-0.3, -0.25) is 10.1 Å². The van der Waals surface area contributed by atoms with Crippen LogP contribution in [0.3, 0.4) is 0 Å². The summed E-state index contributed by atoms with van der Waals surface area (Å²) >= 11 is 6.66. The summed E-state index contributed by atoms with van der Waals surface area (Å²) in [7, 11) is 0. The molecule has 7 heteroatoms. The number of nitriles is 1. The van der Waals surface area contributed by atoms with Gasteiger partial charge in [0.2, 0.25) is 0 Å². The predicted octanol–water partition coefficient (Wildman–Crippen LogP) is 4.78. The van der Waals surface area contributed by atoms with Gasteiger partial charge in [0, 0.05) is 4.47 Å². The average Bonchev–Trinajstić information content (AvgIpc) is 2.41. The van der Waals surface area contributed by atoms with Crippen LogP contribution in [0.5, 0.6) is 11.5 Å². The van der Waals surface area contributed by atoms with Crippen molar-refractivity contribution in [3.63, 3.8) is 0 Å². The van der Waals surface area contributed by atoms with Gasteiger partial charge in [0.25, 0.3) is 5.69 Å². The van der Waals surface area contributed by atoms with Crippen LogP contribution in [0.4, 0.5) is 5.69 Å². The molecule has 0 aromatic heterocycles. The highest BCUT2D eigenvalue weighted by atomic mass is 79.9. The molecule has 0 fully saturated rings. The summed E-state index contributed by atoms with van der Waals surface area (Å²) in [4.78, 5) is 10.3. The summed E-state index contributed by atoms with van der Waals surface area (Å²) in [6.45, 7) is 0. The van der Waals surface area contributed by atoms with Gasteiger partial charge in [-0.25, -0.2) is 0 Å². The highest BCUT2D eigenvalue weighted by Gasteiger charge is 2.15. The molecular weight excluding hydrogens is 392 g/mol. The Hall–Kier alpha value is -1.91. The molecule has 0 aliphatic heterocycles. The molecule has 0 N–H and O–H groups in total. The Morgan fingerprint density at radius 1 is 1.20 bits per heavy atom. The van der Waals surface area contributed by atoms with Gasteiger partial charge in [0.05, 0.1) is 15.5 Å². The normalized spacial score (nSPS) is 9.85. The van der Waals surface area contributed by atoms with Crippen molar-refractivity contribution in [3.05, 3.63) is 61.0 Å². The number of halogens is 2. The molecule has 0 unspecified atom stereocenters. The Balaban J connectivity index is 2.37. The Morgan fingerprint density at radius 3 is 2.55 bits per heavy atom. The molecule has 0 aliphatic carbocycles. The number of hydrogen-bond donors (Lipinski definition) is 0. The van der Waals surface area contributed by atoms with E-state index in [4.69, 9.17) is 10.00 Å². The predicted molar refractivity (Wildman–Crippen MR) is 79.7 cm³/mol. The molecule has 0 saturated heterocycles. The van der Waals surface area contributed by atoms with Crippen LogP contribution >= 0.6 is 31.9 Å². The molecule has 2 rings (SSSR count). The third kappa shape index (κ3) is 3.15. The lowest BCUT2D eigenvalue weighted by Crippen LogP contribution is -1.93. The third-order valence-corrected chi connectivity index (χ3v) is 3.52. The van der Waals surface area contributed by atoms with Gasteiger partial charge in [0.15, 0.2) is 0 Å². The fraction of sp³-hybridized carbons (Fsp3) is 0. The van der Waals surface area contributed by atoms with Crippen LogP contribution < -0.4 is 4.74 Å². The third-order valence-electron chi connectivity index (χ3n) is 2.41. The average molecular weight is 398 g/mol. The zero-order valence-electron chi connectivity index (χ0n) is 9.84. The van der Waals surface area contributed by atoms with Crippen LogP contribution in [-0.2, 0) is 0 Å². The maximum Gasteiger partial charge on any atom is 0.290 e. The van der Waals surface area contributed by atoms with E-state index in [-0.39, 0.29) is 11.3 Å².